The van der Waals surface area contributed by atoms with E-state index >= 15 is 0 Å². The Labute approximate surface area is 86.5 Å². The molecule has 0 aliphatic rings. The zero-order chi connectivity index (χ0) is 10.6. The smallest absolute Gasteiger partial charge is 0.166 e. The van der Waals surface area contributed by atoms with Gasteiger partial charge in [0.1, 0.15) is 11.2 Å². The molecule has 0 fully saturated rings. The van der Waals surface area contributed by atoms with Gasteiger partial charge in [0.2, 0.25) is 0 Å². The van der Waals surface area contributed by atoms with E-state index in [0.717, 1.165) is 10.9 Å². The molecule has 0 amide bonds. The molecule has 3 heteroatoms. The number of methoxy groups -OCH3 is 1. The molecule has 0 atom stereocenters. The van der Waals surface area contributed by atoms with Gasteiger partial charge in [0.05, 0.1) is 7.11 Å². The Morgan fingerprint density at radius 2 is 2.21 bits per heavy atom. The SMILES string of the molecule is CCC(=O)[Si](C)c1cccc(OC)c1. The lowest BCUT2D eigenvalue weighted by Crippen LogP contribution is -2.35. The van der Waals surface area contributed by atoms with Gasteiger partial charge in [-0.1, -0.05) is 25.6 Å². The highest BCUT2D eigenvalue weighted by Gasteiger charge is 2.15. The summed E-state index contributed by atoms with van der Waals surface area (Å²) in [5.41, 5.74) is 0. The summed E-state index contributed by atoms with van der Waals surface area (Å²) in [4.78, 5) is 11.5. The molecule has 1 aromatic rings. The van der Waals surface area contributed by atoms with Gasteiger partial charge in [-0.05, 0) is 23.7 Å². The first-order chi connectivity index (χ1) is 6.69. The molecule has 0 aliphatic carbocycles. The monoisotopic (exact) mass is 207 g/mol. The molecule has 0 aromatic heterocycles. The number of benzene rings is 1. The van der Waals surface area contributed by atoms with E-state index in [1.165, 1.54) is 0 Å². The van der Waals surface area contributed by atoms with Crippen LogP contribution in [0.2, 0.25) is 6.55 Å². The van der Waals surface area contributed by atoms with E-state index in [1.54, 1.807) is 7.11 Å². The van der Waals surface area contributed by atoms with Crippen molar-refractivity contribution < 1.29 is 9.53 Å². The molecule has 0 heterocycles. The van der Waals surface area contributed by atoms with Crippen molar-refractivity contribution in [2.75, 3.05) is 7.11 Å². The van der Waals surface area contributed by atoms with Crippen LogP contribution in [0.25, 0.3) is 0 Å². The first kappa shape index (κ1) is 11.0. The fraction of sp³-hybridized carbons (Fsp3) is 0.364. The van der Waals surface area contributed by atoms with Crippen LogP contribution in [0.1, 0.15) is 13.3 Å². The second-order valence-corrected chi connectivity index (χ2v) is 5.52. The standard InChI is InChI=1S/C11H15O2Si/c1-4-11(12)14(3)10-7-5-6-9(8-10)13-2/h5-8H,4H2,1-3H3. The van der Waals surface area contributed by atoms with Gasteiger partial charge in [0.15, 0.2) is 8.80 Å². The molecular formula is C11H15O2Si. The van der Waals surface area contributed by atoms with Crippen molar-refractivity contribution in [2.24, 2.45) is 0 Å². The van der Waals surface area contributed by atoms with Crippen LogP contribution in [-0.2, 0) is 4.79 Å². The predicted molar refractivity (Wildman–Crippen MR) is 59.5 cm³/mol. The molecule has 14 heavy (non-hydrogen) atoms. The molecule has 0 bridgehead atoms. The second-order valence-electron chi connectivity index (χ2n) is 3.13. The van der Waals surface area contributed by atoms with E-state index in [0.29, 0.717) is 11.8 Å². The Morgan fingerprint density at radius 3 is 2.79 bits per heavy atom. The van der Waals surface area contributed by atoms with Crippen LogP contribution < -0.4 is 9.92 Å². The van der Waals surface area contributed by atoms with Gasteiger partial charge in [-0.15, -0.1) is 0 Å². The first-order valence-electron chi connectivity index (χ1n) is 4.70. The number of hydrogen-bond donors (Lipinski definition) is 0. The van der Waals surface area contributed by atoms with Crippen molar-refractivity contribution >= 4 is 19.4 Å². The van der Waals surface area contributed by atoms with Gasteiger partial charge in [0.25, 0.3) is 0 Å². The van der Waals surface area contributed by atoms with Gasteiger partial charge < -0.3 is 9.53 Å². The lowest BCUT2D eigenvalue weighted by atomic mass is 10.3. The molecule has 0 unspecified atom stereocenters. The zero-order valence-electron chi connectivity index (χ0n) is 8.83. The Kier molecular flexibility index (Phi) is 3.89. The molecule has 0 spiro atoms. The summed E-state index contributed by atoms with van der Waals surface area (Å²) in [6, 6.07) is 7.80. The number of rotatable bonds is 4. The van der Waals surface area contributed by atoms with Gasteiger partial charge in [-0.25, -0.2) is 0 Å². The lowest BCUT2D eigenvalue weighted by Gasteiger charge is -2.08. The summed E-state index contributed by atoms with van der Waals surface area (Å²) in [5, 5.41) is 1.49. The molecular weight excluding hydrogens is 192 g/mol. The van der Waals surface area contributed by atoms with E-state index in [9.17, 15) is 4.79 Å². The Morgan fingerprint density at radius 1 is 1.50 bits per heavy atom. The van der Waals surface area contributed by atoms with Gasteiger partial charge in [-0.2, -0.15) is 0 Å². The van der Waals surface area contributed by atoms with Crippen LogP contribution >= 0.6 is 0 Å². The number of hydrogen-bond acceptors (Lipinski definition) is 2. The Bertz CT molecular complexity index is 323. The predicted octanol–water partition coefficient (Wildman–Crippen LogP) is 1.55. The van der Waals surface area contributed by atoms with E-state index in [1.807, 2.05) is 37.7 Å². The van der Waals surface area contributed by atoms with Crippen molar-refractivity contribution in [1.29, 1.82) is 0 Å². The third-order valence-electron chi connectivity index (χ3n) is 2.24. The Balaban J connectivity index is 2.89. The van der Waals surface area contributed by atoms with Crippen molar-refractivity contribution in [3.63, 3.8) is 0 Å². The highest BCUT2D eigenvalue weighted by atomic mass is 28.3. The normalized spacial score (nSPS) is 10.3. The van der Waals surface area contributed by atoms with Crippen LogP contribution in [0.15, 0.2) is 24.3 Å². The summed E-state index contributed by atoms with van der Waals surface area (Å²) in [6.07, 6.45) is 0.627. The molecule has 1 aromatic carbocycles. The minimum Gasteiger partial charge on any atom is -0.497 e. The van der Waals surface area contributed by atoms with Crippen LogP contribution in [-0.4, -0.2) is 21.3 Å². The summed E-state index contributed by atoms with van der Waals surface area (Å²) < 4.78 is 5.12. The van der Waals surface area contributed by atoms with Crippen molar-refractivity contribution in [1.82, 2.24) is 0 Å². The largest absolute Gasteiger partial charge is 0.497 e. The van der Waals surface area contributed by atoms with Gasteiger partial charge in [-0.3, -0.25) is 0 Å². The minimum atomic E-state index is -1.05. The van der Waals surface area contributed by atoms with E-state index in [4.69, 9.17) is 4.74 Å². The number of ether oxygens (including phenoxy) is 1. The van der Waals surface area contributed by atoms with Crippen LogP contribution in [0.4, 0.5) is 0 Å². The molecule has 0 saturated carbocycles. The second kappa shape index (κ2) is 4.96. The van der Waals surface area contributed by atoms with Gasteiger partial charge in [0, 0.05) is 0 Å². The average molecular weight is 207 g/mol. The maximum atomic E-state index is 11.5. The highest BCUT2D eigenvalue weighted by Crippen LogP contribution is 2.06. The van der Waals surface area contributed by atoms with Crippen molar-refractivity contribution in [3.05, 3.63) is 24.3 Å². The molecule has 0 aliphatic heterocycles. The zero-order valence-corrected chi connectivity index (χ0v) is 9.83. The molecule has 0 N–H and O–H groups in total. The fourth-order valence-electron chi connectivity index (χ4n) is 1.28. The maximum absolute atomic E-state index is 11.5. The maximum Gasteiger partial charge on any atom is 0.166 e. The average Bonchev–Trinajstić information content (AvgIpc) is 2.27. The van der Waals surface area contributed by atoms with E-state index in [-0.39, 0.29) is 0 Å². The molecule has 75 valence electrons. The Hall–Kier alpha value is -1.09. The third-order valence-corrected chi connectivity index (χ3v) is 4.61. The van der Waals surface area contributed by atoms with E-state index in [2.05, 4.69) is 0 Å². The number of carbonyl (C=O) groups excluding carboxylic acids is 1. The topological polar surface area (TPSA) is 26.3 Å². The molecule has 1 radical (unpaired) electrons. The first-order valence-corrected chi connectivity index (χ1v) is 6.70. The summed E-state index contributed by atoms with van der Waals surface area (Å²) in [7, 11) is 0.595. The third kappa shape index (κ3) is 2.45. The van der Waals surface area contributed by atoms with Crippen LogP contribution in [0, 0.1) is 0 Å². The summed E-state index contributed by atoms with van der Waals surface area (Å²) in [6.45, 7) is 3.95. The molecule has 1 rings (SSSR count). The number of carbonyl (C=O) groups is 1. The van der Waals surface area contributed by atoms with Crippen molar-refractivity contribution in [3.8, 4) is 5.75 Å². The van der Waals surface area contributed by atoms with Gasteiger partial charge >= 0.3 is 0 Å². The van der Waals surface area contributed by atoms with Crippen LogP contribution in [0.3, 0.4) is 0 Å². The van der Waals surface area contributed by atoms with Crippen LogP contribution in [0.5, 0.6) is 5.75 Å². The summed E-state index contributed by atoms with van der Waals surface area (Å²) >= 11 is 0. The van der Waals surface area contributed by atoms with E-state index < -0.39 is 8.80 Å². The quantitative estimate of drug-likeness (QED) is 0.700. The molecule has 0 saturated heterocycles. The minimum absolute atomic E-state index is 0.364. The lowest BCUT2D eigenvalue weighted by molar-refractivity contribution is -0.111. The van der Waals surface area contributed by atoms with Crippen molar-refractivity contribution in [2.45, 2.75) is 19.9 Å². The highest BCUT2D eigenvalue weighted by molar-refractivity contribution is 6.98. The summed E-state index contributed by atoms with van der Waals surface area (Å²) in [5.74, 6) is 0.829. The molecule has 2 nitrogen and oxygen atoms in total. The fourth-order valence-corrected chi connectivity index (χ4v) is 2.84.